The third-order valence-electron chi connectivity index (χ3n) is 2.20. The number of halogens is 2. The summed E-state index contributed by atoms with van der Waals surface area (Å²) in [7, 11) is 0. The summed E-state index contributed by atoms with van der Waals surface area (Å²) in [6.07, 6.45) is 0. The minimum absolute atomic E-state index is 0.0994. The molecule has 0 aliphatic carbocycles. The standard InChI is InChI=1S/C13H19Cl2NO/c1-9-7-10(14)8-11(15)12(9)17-6-5-16-13(2,3)4/h7-8,16H,5-6H2,1-4H3. The number of ether oxygens (including phenoxy) is 1. The minimum atomic E-state index is 0.0994. The van der Waals surface area contributed by atoms with E-state index in [1.165, 1.54) is 0 Å². The first-order valence-corrected chi connectivity index (χ1v) is 6.38. The van der Waals surface area contributed by atoms with Gasteiger partial charge in [-0.3, -0.25) is 0 Å². The van der Waals surface area contributed by atoms with Crippen molar-refractivity contribution in [2.75, 3.05) is 13.2 Å². The van der Waals surface area contributed by atoms with Gasteiger partial charge in [-0.15, -0.1) is 0 Å². The van der Waals surface area contributed by atoms with E-state index < -0.39 is 0 Å². The van der Waals surface area contributed by atoms with Gasteiger partial charge in [0.05, 0.1) is 5.02 Å². The highest BCUT2D eigenvalue weighted by atomic mass is 35.5. The molecule has 0 aromatic heterocycles. The van der Waals surface area contributed by atoms with Crippen LogP contribution in [-0.4, -0.2) is 18.7 Å². The maximum Gasteiger partial charge on any atom is 0.140 e. The van der Waals surface area contributed by atoms with Crippen molar-refractivity contribution >= 4 is 23.2 Å². The van der Waals surface area contributed by atoms with Gasteiger partial charge in [-0.05, 0) is 45.4 Å². The highest BCUT2D eigenvalue weighted by molar-refractivity contribution is 6.35. The zero-order chi connectivity index (χ0) is 13.1. The normalized spacial score (nSPS) is 11.6. The predicted molar refractivity (Wildman–Crippen MR) is 74.4 cm³/mol. The molecule has 1 aromatic rings. The summed E-state index contributed by atoms with van der Waals surface area (Å²) < 4.78 is 5.66. The van der Waals surface area contributed by atoms with Crippen LogP contribution in [0, 0.1) is 6.92 Å². The zero-order valence-electron chi connectivity index (χ0n) is 10.7. The van der Waals surface area contributed by atoms with Crippen molar-refractivity contribution in [2.45, 2.75) is 33.2 Å². The first-order valence-electron chi connectivity index (χ1n) is 5.63. The molecule has 0 aliphatic rings. The van der Waals surface area contributed by atoms with Crippen LogP contribution in [0.15, 0.2) is 12.1 Å². The molecule has 17 heavy (non-hydrogen) atoms. The van der Waals surface area contributed by atoms with Gasteiger partial charge in [0.15, 0.2) is 0 Å². The zero-order valence-corrected chi connectivity index (χ0v) is 12.2. The van der Waals surface area contributed by atoms with Crippen LogP contribution in [0.25, 0.3) is 0 Å². The third kappa shape index (κ3) is 5.15. The van der Waals surface area contributed by atoms with Crippen molar-refractivity contribution in [1.29, 1.82) is 0 Å². The molecule has 1 rings (SSSR count). The molecule has 0 saturated carbocycles. The highest BCUT2D eigenvalue weighted by Gasteiger charge is 2.10. The van der Waals surface area contributed by atoms with E-state index in [2.05, 4.69) is 26.1 Å². The molecule has 1 aromatic carbocycles. The van der Waals surface area contributed by atoms with E-state index in [0.29, 0.717) is 22.4 Å². The van der Waals surface area contributed by atoms with Gasteiger partial charge in [0.1, 0.15) is 12.4 Å². The molecule has 0 heterocycles. The summed E-state index contributed by atoms with van der Waals surface area (Å²) in [4.78, 5) is 0. The lowest BCUT2D eigenvalue weighted by Crippen LogP contribution is -2.38. The SMILES string of the molecule is Cc1cc(Cl)cc(Cl)c1OCCNC(C)(C)C. The Bertz CT molecular complexity index is 362. The molecule has 96 valence electrons. The van der Waals surface area contributed by atoms with E-state index in [0.717, 1.165) is 12.1 Å². The fourth-order valence-electron chi connectivity index (χ4n) is 1.45. The topological polar surface area (TPSA) is 21.3 Å². The molecule has 1 N–H and O–H groups in total. The second-order valence-electron chi connectivity index (χ2n) is 5.06. The summed E-state index contributed by atoms with van der Waals surface area (Å²) in [5.74, 6) is 0.715. The van der Waals surface area contributed by atoms with Gasteiger partial charge >= 0.3 is 0 Å². The van der Waals surface area contributed by atoms with Gasteiger partial charge in [-0.1, -0.05) is 23.2 Å². The second kappa shape index (κ2) is 5.94. The van der Waals surface area contributed by atoms with Crippen LogP contribution < -0.4 is 10.1 Å². The first kappa shape index (κ1) is 14.6. The molecule has 0 unspecified atom stereocenters. The Balaban J connectivity index is 2.53. The van der Waals surface area contributed by atoms with Crippen LogP contribution in [0.2, 0.25) is 10.0 Å². The molecule has 0 aliphatic heterocycles. The maximum atomic E-state index is 6.07. The van der Waals surface area contributed by atoms with Crippen LogP contribution in [0.4, 0.5) is 0 Å². The number of nitrogens with one attached hydrogen (secondary N) is 1. The lowest BCUT2D eigenvalue weighted by Gasteiger charge is -2.21. The van der Waals surface area contributed by atoms with Crippen molar-refractivity contribution in [3.8, 4) is 5.75 Å². The second-order valence-corrected chi connectivity index (χ2v) is 5.90. The molecule has 4 heteroatoms. The quantitative estimate of drug-likeness (QED) is 0.837. The van der Waals surface area contributed by atoms with E-state index in [1.807, 2.05) is 13.0 Å². The van der Waals surface area contributed by atoms with E-state index in [9.17, 15) is 0 Å². The smallest absolute Gasteiger partial charge is 0.140 e. The average Bonchev–Trinajstić information content (AvgIpc) is 2.13. The van der Waals surface area contributed by atoms with Crippen LogP contribution in [0.1, 0.15) is 26.3 Å². The summed E-state index contributed by atoms with van der Waals surface area (Å²) in [6.45, 7) is 9.65. The Kier molecular flexibility index (Phi) is 5.11. The average molecular weight is 276 g/mol. The highest BCUT2D eigenvalue weighted by Crippen LogP contribution is 2.31. The summed E-state index contributed by atoms with van der Waals surface area (Å²) in [6, 6.07) is 3.54. The largest absolute Gasteiger partial charge is 0.490 e. The van der Waals surface area contributed by atoms with Crippen LogP contribution in [-0.2, 0) is 0 Å². The fraction of sp³-hybridized carbons (Fsp3) is 0.538. The number of hydrogen-bond donors (Lipinski definition) is 1. The molecule has 0 amide bonds. The Hall–Kier alpha value is -0.440. The molecule has 2 nitrogen and oxygen atoms in total. The molecule has 0 atom stereocenters. The van der Waals surface area contributed by atoms with E-state index in [4.69, 9.17) is 27.9 Å². The predicted octanol–water partition coefficient (Wildman–Crippen LogP) is 4.07. The Morgan fingerprint density at radius 2 is 1.88 bits per heavy atom. The van der Waals surface area contributed by atoms with E-state index >= 15 is 0 Å². The van der Waals surface area contributed by atoms with Crippen LogP contribution >= 0.6 is 23.2 Å². The van der Waals surface area contributed by atoms with Gasteiger partial charge < -0.3 is 10.1 Å². The molecule has 0 bridgehead atoms. The van der Waals surface area contributed by atoms with Crippen molar-refractivity contribution in [3.05, 3.63) is 27.7 Å². The monoisotopic (exact) mass is 275 g/mol. The first-order chi connectivity index (χ1) is 7.79. The van der Waals surface area contributed by atoms with Gasteiger partial charge in [-0.2, -0.15) is 0 Å². The van der Waals surface area contributed by atoms with E-state index in [1.54, 1.807) is 6.07 Å². The summed E-state index contributed by atoms with van der Waals surface area (Å²) in [5, 5.41) is 4.54. The Morgan fingerprint density at radius 3 is 2.41 bits per heavy atom. The summed E-state index contributed by atoms with van der Waals surface area (Å²) in [5.41, 5.74) is 1.06. The van der Waals surface area contributed by atoms with Gasteiger partial charge in [-0.25, -0.2) is 0 Å². The Labute approximate surface area is 113 Å². The van der Waals surface area contributed by atoms with Gasteiger partial charge in [0.2, 0.25) is 0 Å². The van der Waals surface area contributed by atoms with Crippen molar-refractivity contribution in [3.63, 3.8) is 0 Å². The molecular formula is C13H19Cl2NO. The summed E-state index contributed by atoms with van der Waals surface area (Å²) >= 11 is 12.0. The lowest BCUT2D eigenvalue weighted by molar-refractivity contribution is 0.289. The van der Waals surface area contributed by atoms with Gasteiger partial charge in [0, 0.05) is 17.1 Å². The third-order valence-corrected chi connectivity index (χ3v) is 2.70. The molecule has 0 fully saturated rings. The van der Waals surface area contributed by atoms with Gasteiger partial charge in [0.25, 0.3) is 0 Å². The minimum Gasteiger partial charge on any atom is -0.490 e. The number of rotatable bonds is 4. The van der Waals surface area contributed by atoms with Crippen LogP contribution in [0.5, 0.6) is 5.75 Å². The molecule has 0 saturated heterocycles. The maximum absolute atomic E-state index is 6.07. The molecule has 0 spiro atoms. The number of hydrogen-bond acceptors (Lipinski definition) is 2. The Morgan fingerprint density at radius 1 is 1.24 bits per heavy atom. The number of benzene rings is 1. The van der Waals surface area contributed by atoms with Crippen molar-refractivity contribution in [1.82, 2.24) is 5.32 Å². The molecular weight excluding hydrogens is 257 g/mol. The lowest BCUT2D eigenvalue weighted by atomic mass is 10.1. The molecule has 0 radical (unpaired) electrons. The fourth-order valence-corrected chi connectivity index (χ4v) is 2.10. The van der Waals surface area contributed by atoms with Crippen LogP contribution in [0.3, 0.4) is 0 Å². The van der Waals surface area contributed by atoms with E-state index in [-0.39, 0.29) is 5.54 Å². The number of aryl methyl sites for hydroxylation is 1. The van der Waals surface area contributed by atoms with Crippen molar-refractivity contribution < 1.29 is 4.74 Å². The van der Waals surface area contributed by atoms with Crippen molar-refractivity contribution in [2.24, 2.45) is 0 Å².